The molecule has 1 heterocycles. The van der Waals surface area contributed by atoms with Crippen LogP contribution in [-0.2, 0) is 6.54 Å². The smallest absolute Gasteiger partial charge is 0.261 e. The lowest BCUT2D eigenvalue weighted by atomic mass is 10.1. The van der Waals surface area contributed by atoms with Crippen molar-refractivity contribution >= 4 is 17.2 Å². The molecule has 0 bridgehead atoms. The topological polar surface area (TPSA) is 29.1 Å². The van der Waals surface area contributed by atoms with Crippen molar-refractivity contribution in [3.05, 3.63) is 57.8 Å². The van der Waals surface area contributed by atoms with Gasteiger partial charge in [-0.15, -0.1) is 11.3 Å². The third kappa shape index (κ3) is 2.70. The molecule has 1 amide bonds. The summed E-state index contributed by atoms with van der Waals surface area (Å²) in [6, 6.07) is 11.9. The molecule has 82 valence electrons. The van der Waals surface area contributed by atoms with Crippen molar-refractivity contribution in [3.8, 4) is 0 Å². The Kier molecular flexibility index (Phi) is 3.37. The number of thiophene rings is 1. The highest BCUT2D eigenvalue weighted by Crippen LogP contribution is 2.08. The molecule has 0 aliphatic carbocycles. The van der Waals surface area contributed by atoms with Crippen LogP contribution in [0.4, 0.5) is 0 Å². The van der Waals surface area contributed by atoms with Crippen molar-refractivity contribution in [2.45, 2.75) is 13.5 Å². The van der Waals surface area contributed by atoms with Crippen LogP contribution in [0.2, 0.25) is 0 Å². The van der Waals surface area contributed by atoms with Crippen LogP contribution in [0.1, 0.15) is 20.8 Å². The average Bonchev–Trinajstić information content (AvgIpc) is 2.81. The first-order chi connectivity index (χ1) is 7.75. The second-order valence-electron chi connectivity index (χ2n) is 3.65. The van der Waals surface area contributed by atoms with Gasteiger partial charge in [-0.3, -0.25) is 4.79 Å². The first-order valence-electron chi connectivity index (χ1n) is 5.13. The van der Waals surface area contributed by atoms with Crippen molar-refractivity contribution < 1.29 is 4.79 Å². The Labute approximate surface area is 98.9 Å². The number of aryl methyl sites for hydroxylation is 1. The highest BCUT2D eigenvalue weighted by Gasteiger charge is 2.04. The quantitative estimate of drug-likeness (QED) is 0.864. The Balaban J connectivity index is 1.93. The zero-order valence-electron chi connectivity index (χ0n) is 9.07. The molecule has 1 N–H and O–H groups in total. The maximum atomic E-state index is 11.6. The zero-order valence-corrected chi connectivity index (χ0v) is 9.88. The van der Waals surface area contributed by atoms with Gasteiger partial charge in [-0.05, 0) is 23.9 Å². The summed E-state index contributed by atoms with van der Waals surface area (Å²) in [7, 11) is 0. The number of amides is 1. The lowest BCUT2D eigenvalue weighted by molar-refractivity contribution is 0.0955. The molecule has 0 saturated heterocycles. The van der Waals surface area contributed by atoms with Crippen molar-refractivity contribution in [2.24, 2.45) is 0 Å². The maximum absolute atomic E-state index is 11.6. The van der Waals surface area contributed by atoms with Gasteiger partial charge < -0.3 is 5.32 Å². The minimum atomic E-state index is -0.00410. The van der Waals surface area contributed by atoms with E-state index in [0.717, 1.165) is 10.4 Å². The van der Waals surface area contributed by atoms with Crippen LogP contribution in [-0.4, -0.2) is 5.91 Å². The Morgan fingerprint density at radius 1 is 1.25 bits per heavy atom. The summed E-state index contributed by atoms with van der Waals surface area (Å²) >= 11 is 1.46. The summed E-state index contributed by atoms with van der Waals surface area (Å²) in [5.74, 6) is -0.00410. The SMILES string of the molecule is Cc1ccc(CNC(=O)c2cccs2)cc1. The van der Waals surface area contributed by atoms with Crippen LogP contribution < -0.4 is 5.32 Å². The first kappa shape index (κ1) is 10.9. The summed E-state index contributed by atoms with van der Waals surface area (Å²) in [6.07, 6.45) is 0. The number of benzene rings is 1. The Hall–Kier alpha value is -1.61. The van der Waals surface area contributed by atoms with E-state index in [-0.39, 0.29) is 5.91 Å². The molecule has 3 heteroatoms. The number of nitrogens with one attached hydrogen (secondary N) is 1. The van der Waals surface area contributed by atoms with Crippen molar-refractivity contribution in [1.82, 2.24) is 5.32 Å². The average molecular weight is 231 g/mol. The van der Waals surface area contributed by atoms with E-state index in [4.69, 9.17) is 0 Å². The molecule has 0 aliphatic heterocycles. The summed E-state index contributed by atoms with van der Waals surface area (Å²) in [4.78, 5) is 12.4. The lowest BCUT2D eigenvalue weighted by Crippen LogP contribution is -2.21. The minimum Gasteiger partial charge on any atom is -0.347 e. The fraction of sp³-hybridized carbons (Fsp3) is 0.154. The van der Waals surface area contributed by atoms with E-state index < -0.39 is 0 Å². The van der Waals surface area contributed by atoms with Crippen molar-refractivity contribution in [1.29, 1.82) is 0 Å². The van der Waals surface area contributed by atoms with Crippen LogP contribution in [0.15, 0.2) is 41.8 Å². The summed E-state index contributed by atoms with van der Waals surface area (Å²) in [5.41, 5.74) is 2.35. The van der Waals surface area contributed by atoms with Crippen LogP contribution in [0.25, 0.3) is 0 Å². The van der Waals surface area contributed by atoms with Gasteiger partial charge in [-0.1, -0.05) is 35.9 Å². The normalized spacial score (nSPS) is 10.1. The number of hydrogen-bond acceptors (Lipinski definition) is 2. The molecule has 1 aromatic carbocycles. The molecule has 1 aromatic heterocycles. The fourth-order valence-electron chi connectivity index (χ4n) is 1.38. The Bertz CT molecular complexity index is 459. The summed E-state index contributed by atoms with van der Waals surface area (Å²) < 4.78 is 0. The Morgan fingerprint density at radius 3 is 2.62 bits per heavy atom. The first-order valence-corrected chi connectivity index (χ1v) is 6.01. The third-order valence-electron chi connectivity index (χ3n) is 2.32. The number of carbonyl (C=O) groups excluding carboxylic acids is 1. The second kappa shape index (κ2) is 4.94. The van der Waals surface area contributed by atoms with E-state index >= 15 is 0 Å². The molecule has 0 spiro atoms. The van der Waals surface area contributed by atoms with Gasteiger partial charge in [-0.25, -0.2) is 0 Å². The monoisotopic (exact) mass is 231 g/mol. The van der Waals surface area contributed by atoms with Crippen LogP contribution in [0, 0.1) is 6.92 Å². The highest BCUT2D eigenvalue weighted by atomic mass is 32.1. The van der Waals surface area contributed by atoms with Crippen LogP contribution in [0.5, 0.6) is 0 Å². The number of rotatable bonds is 3. The van der Waals surface area contributed by atoms with E-state index in [2.05, 4.69) is 5.32 Å². The van der Waals surface area contributed by atoms with E-state index in [0.29, 0.717) is 6.54 Å². The molecule has 2 nitrogen and oxygen atoms in total. The summed E-state index contributed by atoms with van der Waals surface area (Å²) in [6.45, 7) is 2.63. The van der Waals surface area contributed by atoms with Gasteiger partial charge >= 0.3 is 0 Å². The molecular formula is C13H13NOS. The predicted octanol–water partition coefficient (Wildman–Crippen LogP) is 2.99. The molecule has 0 fully saturated rings. The molecule has 2 rings (SSSR count). The van der Waals surface area contributed by atoms with Gasteiger partial charge in [0.15, 0.2) is 0 Å². The van der Waals surface area contributed by atoms with Crippen molar-refractivity contribution in [2.75, 3.05) is 0 Å². The maximum Gasteiger partial charge on any atom is 0.261 e. The standard InChI is InChI=1S/C13H13NOS/c1-10-4-6-11(7-5-10)9-14-13(15)12-3-2-8-16-12/h2-8H,9H2,1H3,(H,14,15). The van der Waals surface area contributed by atoms with E-state index in [1.165, 1.54) is 16.9 Å². The molecule has 0 atom stereocenters. The molecule has 2 aromatic rings. The minimum absolute atomic E-state index is 0.00410. The van der Waals surface area contributed by atoms with Gasteiger partial charge in [-0.2, -0.15) is 0 Å². The molecule has 16 heavy (non-hydrogen) atoms. The molecule has 0 aliphatic rings. The lowest BCUT2D eigenvalue weighted by Gasteiger charge is -2.04. The van der Waals surface area contributed by atoms with E-state index in [1.807, 2.05) is 48.7 Å². The highest BCUT2D eigenvalue weighted by molar-refractivity contribution is 7.12. The summed E-state index contributed by atoms with van der Waals surface area (Å²) in [5, 5.41) is 4.80. The van der Waals surface area contributed by atoms with Crippen molar-refractivity contribution in [3.63, 3.8) is 0 Å². The zero-order chi connectivity index (χ0) is 11.4. The molecular weight excluding hydrogens is 218 g/mol. The number of carbonyl (C=O) groups is 1. The molecule has 0 saturated carbocycles. The molecule has 0 radical (unpaired) electrons. The van der Waals surface area contributed by atoms with E-state index in [9.17, 15) is 4.79 Å². The largest absolute Gasteiger partial charge is 0.347 e. The Morgan fingerprint density at radius 2 is 2.00 bits per heavy atom. The van der Waals surface area contributed by atoms with Gasteiger partial charge in [0.05, 0.1) is 4.88 Å². The van der Waals surface area contributed by atoms with Gasteiger partial charge in [0.1, 0.15) is 0 Å². The second-order valence-corrected chi connectivity index (χ2v) is 4.59. The van der Waals surface area contributed by atoms with Crippen LogP contribution >= 0.6 is 11.3 Å². The predicted molar refractivity (Wildman–Crippen MR) is 66.7 cm³/mol. The van der Waals surface area contributed by atoms with Gasteiger partial charge in [0.25, 0.3) is 5.91 Å². The fourth-order valence-corrected chi connectivity index (χ4v) is 2.02. The number of hydrogen-bond donors (Lipinski definition) is 1. The third-order valence-corrected chi connectivity index (χ3v) is 3.19. The van der Waals surface area contributed by atoms with Gasteiger partial charge in [0.2, 0.25) is 0 Å². The van der Waals surface area contributed by atoms with E-state index in [1.54, 1.807) is 0 Å². The molecule has 0 unspecified atom stereocenters. The van der Waals surface area contributed by atoms with Crippen LogP contribution in [0.3, 0.4) is 0 Å². The van der Waals surface area contributed by atoms with Gasteiger partial charge in [0, 0.05) is 6.54 Å².